The van der Waals surface area contributed by atoms with Crippen molar-refractivity contribution in [1.29, 1.82) is 0 Å². The molecule has 2 heterocycles. The number of hydrogen-bond acceptors (Lipinski definition) is 3. The topological polar surface area (TPSA) is 55.2 Å². The predicted octanol–water partition coefficient (Wildman–Crippen LogP) is 4.52. The van der Waals surface area contributed by atoms with Crippen molar-refractivity contribution >= 4 is 28.2 Å². The van der Waals surface area contributed by atoms with Gasteiger partial charge in [0.1, 0.15) is 11.3 Å². The first-order valence-electron chi connectivity index (χ1n) is 6.57. The molecule has 0 saturated carbocycles. The molecule has 0 saturated heterocycles. The molecule has 0 fully saturated rings. The van der Waals surface area contributed by atoms with Crippen LogP contribution in [-0.2, 0) is 0 Å². The highest BCUT2D eigenvalue weighted by Crippen LogP contribution is 2.32. The standard InChI is InChI=1S/C17H11NO3/c19-10-12-9-13-15(20-12)6-3-7-16(13)21-17-8-11-4-1-2-5-14(11)18-17/h1-10,18H. The molecule has 0 unspecified atom stereocenters. The van der Waals surface area contributed by atoms with Crippen LogP contribution in [0.2, 0.25) is 0 Å². The molecule has 0 bridgehead atoms. The lowest BCUT2D eigenvalue weighted by Gasteiger charge is -2.03. The van der Waals surface area contributed by atoms with Gasteiger partial charge in [-0.3, -0.25) is 4.79 Å². The molecule has 0 amide bonds. The quantitative estimate of drug-likeness (QED) is 0.560. The molecule has 0 aliphatic carbocycles. The van der Waals surface area contributed by atoms with Crippen LogP contribution in [0.4, 0.5) is 0 Å². The lowest BCUT2D eigenvalue weighted by molar-refractivity contribution is 0.110. The first-order chi connectivity index (χ1) is 10.3. The van der Waals surface area contributed by atoms with Crippen molar-refractivity contribution < 1.29 is 13.9 Å². The average Bonchev–Trinajstić information content (AvgIpc) is 3.10. The van der Waals surface area contributed by atoms with Crippen LogP contribution in [-0.4, -0.2) is 11.3 Å². The Morgan fingerprint density at radius 1 is 1.05 bits per heavy atom. The van der Waals surface area contributed by atoms with Gasteiger partial charge in [0.2, 0.25) is 0 Å². The molecule has 0 aliphatic heterocycles. The Hall–Kier alpha value is -3.01. The summed E-state index contributed by atoms with van der Waals surface area (Å²) in [5, 5.41) is 1.86. The molecule has 2 aromatic heterocycles. The summed E-state index contributed by atoms with van der Waals surface area (Å²) in [6, 6.07) is 17.1. The van der Waals surface area contributed by atoms with Crippen LogP contribution in [0.15, 0.2) is 59.0 Å². The molecule has 4 aromatic rings. The van der Waals surface area contributed by atoms with Gasteiger partial charge in [0.25, 0.3) is 0 Å². The van der Waals surface area contributed by atoms with Crippen molar-refractivity contribution in [2.45, 2.75) is 0 Å². The summed E-state index contributed by atoms with van der Waals surface area (Å²) in [6.07, 6.45) is 0.687. The van der Waals surface area contributed by atoms with Crippen LogP contribution >= 0.6 is 0 Å². The van der Waals surface area contributed by atoms with Gasteiger partial charge in [-0.05, 0) is 24.3 Å². The number of fused-ring (bicyclic) bond motifs is 2. The van der Waals surface area contributed by atoms with Crippen LogP contribution in [0.3, 0.4) is 0 Å². The Morgan fingerprint density at radius 3 is 2.81 bits per heavy atom. The zero-order chi connectivity index (χ0) is 14.2. The normalized spacial score (nSPS) is 11.0. The number of carbonyl (C=O) groups is 1. The third-order valence-corrected chi connectivity index (χ3v) is 3.38. The third kappa shape index (κ3) is 1.97. The summed E-state index contributed by atoms with van der Waals surface area (Å²) in [6.45, 7) is 0. The number of hydrogen-bond donors (Lipinski definition) is 1. The van der Waals surface area contributed by atoms with E-state index in [4.69, 9.17) is 9.15 Å². The fraction of sp³-hybridized carbons (Fsp3) is 0. The van der Waals surface area contributed by atoms with Crippen molar-refractivity contribution in [2.24, 2.45) is 0 Å². The third-order valence-electron chi connectivity index (χ3n) is 3.38. The van der Waals surface area contributed by atoms with E-state index < -0.39 is 0 Å². The summed E-state index contributed by atoms with van der Waals surface area (Å²) in [5.74, 6) is 1.59. The second-order valence-corrected chi connectivity index (χ2v) is 4.76. The van der Waals surface area contributed by atoms with Crippen molar-refractivity contribution in [2.75, 3.05) is 0 Å². The maximum Gasteiger partial charge on any atom is 0.198 e. The molecule has 0 radical (unpaired) electrons. The van der Waals surface area contributed by atoms with Gasteiger partial charge in [-0.25, -0.2) is 0 Å². The summed E-state index contributed by atoms with van der Waals surface area (Å²) in [5.41, 5.74) is 1.64. The summed E-state index contributed by atoms with van der Waals surface area (Å²) < 4.78 is 11.3. The second-order valence-electron chi connectivity index (χ2n) is 4.76. The Labute approximate surface area is 119 Å². The highest BCUT2D eigenvalue weighted by molar-refractivity contribution is 5.90. The van der Waals surface area contributed by atoms with Crippen LogP contribution in [0.1, 0.15) is 10.6 Å². The molecule has 0 aliphatic rings. The van der Waals surface area contributed by atoms with Gasteiger partial charge in [0, 0.05) is 17.0 Å². The van der Waals surface area contributed by atoms with E-state index in [0.717, 1.165) is 16.3 Å². The minimum atomic E-state index is 0.290. The largest absolute Gasteiger partial charge is 0.453 e. The Kier molecular flexibility index (Phi) is 2.54. The molecule has 21 heavy (non-hydrogen) atoms. The number of para-hydroxylation sites is 1. The fourth-order valence-corrected chi connectivity index (χ4v) is 2.42. The molecule has 0 spiro atoms. The van der Waals surface area contributed by atoms with Gasteiger partial charge in [0.05, 0.1) is 5.39 Å². The Balaban J connectivity index is 1.79. The van der Waals surface area contributed by atoms with Gasteiger partial charge in [-0.15, -0.1) is 0 Å². The number of benzene rings is 2. The van der Waals surface area contributed by atoms with E-state index >= 15 is 0 Å². The first kappa shape index (κ1) is 11.8. The lowest BCUT2D eigenvalue weighted by atomic mass is 10.2. The highest BCUT2D eigenvalue weighted by Gasteiger charge is 2.10. The molecule has 2 aromatic carbocycles. The van der Waals surface area contributed by atoms with Crippen LogP contribution in [0.25, 0.3) is 21.9 Å². The van der Waals surface area contributed by atoms with E-state index in [9.17, 15) is 4.79 Å². The van der Waals surface area contributed by atoms with Crippen molar-refractivity contribution in [3.05, 3.63) is 60.4 Å². The number of ether oxygens (including phenoxy) is 1. The molecule has 4 rings (SSSR count). The van der Waals surface area contributed by atoms with Gasteiger partial charge in [-0.2, -0.15) is 0 Å². The summed E-state index contributed by atoms with van der Waals surface area (Å²) in [7, 11) is 0. The van der Waals surface area contributed by atoms with Crippen LogP contribution < -0.4 is 4.74 Å². The van der Waals surface area contributed by atoms with Gasteiger partial charge in [-0.1, -0.05) is 24.3 Å². The molecule has 0 atom stereocenters. The minimum Gasteiger partial charge on any atom is -0.453 e. The van der Waals surface area contributed by atoms with Crippen molar-refractivity contribution in [1.82, 2.24) is 4.98 Å². The van der Waals surface area contributed by atoms with E-state index in [2.05, 4.69) is 4.98 Å². The van der Waals surface area contributed by atoms with Gasteiger partial charge in [0.15, 0.2) is 17.9 Å². The molecular weight excluding hydrogens is 266 g/mol. The summed E-state index contributed by atoms with van der Waals surface area (Å²) in [4.78, 5) is 14.0. The highest BCUT2D eigenvalue weighted by atomic mass is 16.5. The molecular formula is C17H11NO3. The predicted molar refractivity (Wildman–Crippen MR) is 80.0 cm³/mol. The van der Waals surface area contributed by atoms with Crippen molar-refractivity contribution in [3.63, 3.8) is 0 Å². The molecule has 4 heteroatoms. The number of rotatable bonds is 3. The minimum absolute atomic E-state index is 0.290. The second kappa shape index (κ2) is 4.52. The molecule has 102 valence electrons. The van der Waals surface area contributed by atoms with Gasteiger partial charge < -0.3 is 14.1 Å². The number of aldehydes is 1. The average molecular weight is 277 g/mol. The maximum absolute atomic E-state index is 10.8. The van der Waals surface area contributed by atoms with E-state index in [1.54, 1.807) is 12.1 Å². The van der Waals surface area contributed by atoms with Crippen molar-refractivity contribution in [3.8, 4) is 11.6 Å². The van der Waals surface area contributed by atoms with Gasteiger partial charge >= 0.3 is 0 Å². The van der Waals surface area contributed by atoms with Crippen LogP contribution in [0, 0.1) is 0 Å². The first-order valence-corrected chi connectivity index (χ1v) is 6.57. The number of aromatic nitrogens is 1. The zero-order valence-electron chi connectivity index (χ0n) is 11.0. The van der Waals surface area contributed by atoms with E-state index in [-0.39, 0.29) is 5.76 Å². The SMILES string of the molecule is O=Cc1cc2c(Oc3cc4ccccc4[nH]3)cccc2o1. The number of carbonyl (C=O) groups excluding carboxylic acids is 1. The lowest BCUT2D eigenvalue weighted by Crippen LogP contribution is -1.84. The molecule has 4 nitrogen and oxygen atoms in total. The Bertz CT molecular complexity index is 916. The smallest absolute Gasteiger partial charge is 0.198 e. The monoisotopic (exact) mass is 277 g/mol. The zero-order valence-corrected chi connectivity index (χ0v) is 11.0. The number of aromatic amines is 1. The summed E-state index contributed by atoms with van der Waals surface area (Å²) >= 11 is 0. The number of furan rings is 1. The number of H-pyrrole nitrogens is 1. The van der Waals surface area contributed by atoms with Crippen LogP contribution in [0.5, 0.6) is 11.6 Å². The number of nitrogens with one attached hydrogen (secondary N) is 1. The van der Waals surface area contributed by atoms with E-state index in [1.807, 2.05) is 42.5 Å². The van der Waals surface area contributed by atoms with E-state index in [1.165, 1.54) is 0 Å². The van der Waals surface area contributed by atoms with E-state index in [0.29, 0.717) is 23.5 Å². The fourth-order valence-electron chi connectivity index (χ4n) is 2.42. The maximum atomic E-state index is 10.8. The molecule has 1 N–H and O–H groups in total. The Morgan fingerprint density at radius 2 is 1.95 bits per heavy atom.